The molecule has 5 rings (SSSR count). The molecule has 2 N–H and O–H groups in total. The molecule has 0 aliphatic carbocycles. The number of hydrogen-bond donors (Lipinski definition) is 2. The van der Waals surface area contributed by atoms with Crippen LogP contribution in [0.25, 0.3) is 22.4 Å². The lowest BCUT2D eigenvalue weighted by Crippen LogP contribution is -2.35. The molecule has 0 radical (unpaired) electrons. The maximum atomic E-state index is 12.3. The zero-order valence-electron chi connectivity index (χ0n) is 21.7. The minimum atomic E-state index is -2.04. The van der Waals surface area contributed by atoms with Gasteiger partial charge in [-0.25, -0.2) is 14.6 Å². The lowest BCUT2D eigenvalue weighted by molar-refractivity contribution is -0.157. The van der Waals surface area contributed by atoms with E-state index >= 15 is 0 Å². The lowest BCUT2D eigenvalue weighted by Gasteiger charge is -2.28. The van der Waals surface area contributed by atoms with Crippen molar-refractivity contribution in [1.82, 2.24) is 14.5 Å². The molecule has 8 heteroatoms. The van der Waals surface area contributed by atoms with Crippen LogP contribution in [0.1, 0.15) is 42.1 Å². The van der Waals surface area contributed by atoms with Crippen molar-refractivity contribution in [3.05, 3.63) is 89.0 Å². The van der Waals surface area contributed by atoms with Gasteiger partial charge in [0, 0.05) is 23.7 Å². The van der Waals surface area contributed by atoms with Crippen molar-refractivity contribution in [2.24, 2.45) is 0 Å². The second-order valence-corrected chi connectivity index (χ2v) is 10.0. The molecule has 0 spiro atoms. The van der Waals surface area contributed by atoms with E-state index in [1.165, 1.54) is 19.6 Å². The smallest absolute Gasteiger partial charge is 0.409 e. The fourth-order valence-electron chi connectivity index (χ4n) is 5.26. The first-order valence-corrected chi connectivity index (χ1v) is 12.7. The number of fused-ring (bicyclic) bond motifs is 3. The zero-order valence-corrected chi connectivity index (χ0v) is 21.7. The normalized spacial score (nSPS) is 15.5. The van der Waals surface area contributed by atoms with Gasteiger partial charge in [-0.15, -0.1) is 0 Å². The van der Waals surface area contributed by atoms with Crippen molar-refractivity contribution in [2.75, 3.05) is 13.7 Å². The van der Waals surface area contributed by atoms with E-state index in [-0.39, 0.29) is 17.7 Å². The molecule has 0 fully saturated rings. The molecule has 1 amide bonds. The average Bonchev–Trinajstić information content (AvgIpc) is 3.33. The van der Waals surface area contributed by atoms with Gasteiger partial charge in [0.25, 0.3) is 0 Å². The molecule has 196 valence electrons. The Morgan fingerprint density at radius 1 is 1.11 bits per heavy atom. The third-order valence-corrected chi connectivity index (χ3v) is 7.41. The van der Waals surface area contributed by atoms with Crippen LogP contribution in [0.15, 0.2) is 66.7 Å². The molecular formula is C30H31N3O5. The van der Waals surface area contributed by atoms with Crippen molar-refractivity contribution in [1.29, 1.82) is 0 Å². The second-order valence-electron chi connectivity index (χ2n) is 10.0. The molecule has 1 aromatic heterocycles. The number of hydrogen-bond acceptors (Lipinski definition) is 5. The molecule has 4 aromatic rings. The summed E-state index contributed by atoms with van der Waals surface area (Å²) in [5.74, 6) is -0.646. The van der Waals surface area contributed by atoms with Gasteiger partial charge in [0.2, 0.25) is 0 Å². The predicted octanol–water partition coefficient (Wildman–Crippen LogP) is 4.92. The first-order chi connectivity index (χ1) is 18.2. The highest BCUT2D eigenvalue weighted by atomic mass is 16.5. The summed E-state index contributed by atoms with van der Waals surface area (Å²) in [6.45, 7) is 4.38. The van der Waals surface area contributed by atoms with Gasteiger partial charge >= 0.3 is 12.1 Å². The highest BCUT2D eigenvalue weighted by Gasteiger charge is 2.33. The molecule has 0 saturated carbocycles. The predicted molar refractivity (Wildman–Crippen MR) is 144 cm³/mol. The molecule has 2 atom stereocenters. The number of ether oxygens (including phenoxy) is 1. The van der Waals surface area contributed by atoms with Gasteiger partial charge in [-0.05, 0) is 55.5 Å². The highest BCUT2D eigenvalue weighted by Crippen LogP contribution is 2.36. The summed E-state index contributed by atoms with van der Waals surface area (Å²) >= 11 is 0. The molecule has 38 heavy (non-hydrogen) atoms. The molecule has 0 saturated heterocycles. The molecule has 1 aliphatic heterocycles. The summed E-state index contributed by atoms with van der Waals surface area (Å²) in [5.41, 5.74) is 4.00. The molecule has 3 aromatic carbocycles. The number of aromatic nitrogens is 2. The topological polar surface area (TPSA) is 105 Å². The minimum absolute atomic E-state index is 0.0133. The van der Waals surface area contributed by atoms with E-state index in [1.807, 2.05) is 24.3 Å². The van der Waals surface area contributed by atoms with E-state index in [1.54, 1.807) is 23.1 Å². The summed E-state index contributed by atoms with van der Waals surface area (Å²) in [6, 6.07) is 21.3. The standard InChI is InChI=1S/C30H31N3O5/c1-19(16-20-8-5-4-6-9-20)33-25-13-12-21-14-15-32(29(36)38-3)18-24(21)26(25)31-27(33)22-10-7-11-23(17-22)30(2,37)28(34)35/h4-13,17,19,37H,14-16,18H2,1-3H3,(H,34,35)/t19-,30+/m1/s1. The van der Waals surface area contributed by atoms with Crippen molar-refractivity contribution in [3.63, 3.8) is 0 Å². The average molecular weight is 514 g/mol. The van der Waals surface area contributed by atoms with Gasteiger partial charge in [-0.2, -0.15) is 0 Å². The largest absolute Gasteiger partial charge is 0.479 e. The summed E-state index contributed by atoms with van der Waals surface area (Å²) in [4.78, 5) is 30.8. The SMILES string of the molecule is COC(=O)N1CCc2ccc3c(nc(-c4cccc([C@](C)(O)C(=O)O)c4)n3[C@H](C)Cc3ccccc3)c2C1. The van der Waals surface area contributed by atoms with Crippen LogP contribution in [-0.2, 0) is 34.5 Å². The number of nitrogens with zero attached hydrogens (tertiary/aromatic N) is 3. The maximum Gasteiger partial charge on any atom is 0.409 e. The molecule has 1 aliphatic rings. The number of carbonyl (C=O) groups excluding carboxylic acids is 1. The summed E-state index contributed by atoms with van der Waals surface area (Å²) in [7, 11) is 1.38. The van der Waals surface area contributed by atoms with Gasteiger partial charge in [-0.3, -0.25) is 0 Å². The van der Waals surface area contributed by atoms with E-state index < -0.39 is 11.6 Å². The monoisotopic (exact) mass is 513 g/mol. The maximum absolute atomic E-state index is 12.3. The Balaban J connectivity index is 1.69. The number of aliphatic carboxylic acids is 1. The number of carbonyl (C=O) groups is 2. The van der Waals surface area contributed by atoms with Gasteiger partial charge < -0.3 is 24.4 Å². The number of carboxylic acids is 1. The van der Waals surface area contributed by atoms with Crippen LogP contribution in [0.4, 0.5) is 4.79 Å². The van der Waals surface area contributed by atoms with Crippen LogP contribution in [0.5, 0.6) is 0 Å². The number of rotatable bonds is 6. The molecule has 0 unspecified atom stereocenters. The first kappa shape index (κ1) is 25.5. The third-order valence-electron chi connectivity index (χ3n) is 7.41. The van der Waals surface area contributed by atoms with Gasteiger partial charge in [0.05, 0.1) is 24.7 Å². The molecule has 8 nitrogen and oxygen atoms in total. The van der Waals surface area contributed by atoms with Crippen LogP contribution in [0.2, 0.25) is 0 Å². The Hall–Kier alpha value is -4.17. The zero-order chi connectivity index (χ0) is 27.0. The van der Waals surface area contributed by atoms with Crippen LogP contribution in [0, 0.1) is 0 Å². The fraction of sp³-hybridized carbons (Fsp3) is 0.300. The fourth-order valence-corrected chi connectivity index (χ4v) is 5.26. The van der Waals surface area contributed by atoms with Crippen molar-refractivity contribution < 1.29 is 24.5 Å². The van der Waals surface area contributed by atoms with E-state index in [9.17, 15) is 19.8 Å². The van der Waals surface area contributed by atoms with Crippen molar-refractivity contribution in [2.45, 2.75) is 44.9 Å². The van der Waals surface area contributed by atoms with Crippen LogP contribution < -0.4 is 0 Å². The van der Waals surface area contributed by atoms with E-state index in [2.05, 4.69) is 35.8 Å². The summed E-state index contributed by atoms with van der Waals surface area (Å²) in [5, 5.41) is 20.2. The Morgan fingerprint density at radius 3 is 2.58 bits per heavy atom. The lowest BCUT2D eigenvalue weighted by atomic mass is 9.94. The van der Waals surface area contributed by atoms with Crippen LogP contribution in [-0.4, -0.2) is 50.4 Å². The Morgan fingerprint density at radius 2 is 1.87 bits per heavy atom. The minimum Gasteiger partial charge on any atom is -0.479 e. The number of amides is 1. The first-order valence-electron chi connectivity index (χ1n) is 12.7. The summed E-state index contributed by atoms with van der Waals surface area (Å²) in [6.07, 6.45) is 1.10. The third kappa shape index (κ3) is 4.52. The van der Waals surface area contributed by atoms with Gasteiger partial charge in [0.1, 0.15) is 5.82 Å². The van der Waals surface area contributed by atoms with Crippen molar-refractivity contribution >= 4 is 23.1 Å². The number of methoxy groups -OCH3 is 1. The number of aliphatic hydroxyl groups is 1. The number of imidazole rings is 1. The van der Waals surface area contributed by atoms with Crippen molar-refractivity contribution in [3.8, 4) is 11.4 Å². The van der Waals surface area contributed by atoms with E-state index in [4.69, 9.17) is 9.72 Å². The molecule has 0 bridgehead atoms. The molecular weight excluding hydrogens is 482 g/mol. The Bertz CT molecular complexity index is 1510. The number of carboxylic acid groups (broad SMARTS) is 1. The Labute approximate surface area is 221 Å². The van der Waals surface area contributed by atoms with Gasteiger partial charge in [0.15, 0.2) is 5.60 Å². The summed E-state index contributed by atoms with van der Waals surface area (Å²) < 4.78 is 7.15. The number of benzene rings is 3. The Kier molecular flexibility index (Phi) is 6.67. The van der Waals surface area contributed by atoms with Gasteiger partial charge in [-0.1, -0.05) is 54.6 Å². The van der Waals surface area contributed by atoms with E-state index in [0.29, 0.717) is 30.9 Å². The molecule has 2 heterocycles. The quantitative estimate of drug-likeness (QED) is 0.379. The van der Waals surface area contributed by atoms with Crippen LogP contribution >= 0.6 is 0 Å². The highest BCUT2D eigenvalue weighted by molar-refractivity contribution is 5.86. The van der Waals surface area contributed by atoms with E-state index in [0.717, 1.165) is 28.6 Å². The van der Waals surface area contributed by atoms with Crippen LogP contribution in [0.3, 0.4) is 0 Å². The second kappa shape index (κ2) is 9.95.